The minimum Gasteiger partial charge on any atom is -0.466 e. The molecule has 1 heterocycles. The van der Waals surface area contributed by atoms with Crippen LogP contribution in [0.1, 0.15) is 44.9 Å². The third-order valence-electron chi connectivity index (χ3n) is 3.24. The lowest BCUT2D eigenvalue weighted by atomic mass is 9.88. The van der Waals surface area contributed by atoms with Crippen molar-refractivity contribution in [3.63, 3.8) is 0 Å². The maximum atomic E-state index is 9.07. The quantitative estimate of drug-likeness (QED) is 0.879. The van der Waals surface area contributed by atoms with Gasteiger partial charge in [0.15, 0.2) is 0 Å². The molecule has 0 unspecified atom stereocenters. The zero-order valence-electron chi connectivity index (χ0n) is 10.3. The molecule has 0 amide bonds. The van der Waals surface area contributed by atoms with Gasteiger partial charge in [-0.2, -0.15) is 9.36 Å². The maximum absolute atomic E-state index is 9.07. The van der Waals surface area contributed by atoms with E-state index in [1.165, 1.54) is 11.5 Å². The van der Waals surface area contributed by atoms with Gasteiger partial charge in [0.1, 0.15) is 11.9 Å². The normalized spacial score (nSPS) is 24.8. The summed E-state index contributed by atoms with van der Waals surface area (Å²) in [6, 6.07) is 0. The molecule has 0 radical (unpaired) electrons. The van der Waals surface area contributed by atoms with E-state index in [0.29, 0.717) is 17.7 Å². The fraction of sp³-hybridized carbons (Fsp3) is 0.833. The number of aliphatic hydroxyl groups is 1. The van der Waals surface area contributed by atoms with E-state index in [9.17, 15) is 0 Å². The average Bonchev–Trinajstić information content (AvgIpc) is 2.78. The zero-order chi connectivity index (χ0) is 12.1. The largest absolute Gasteiger partial charge is 0.466 e. The second kappa shape index (κ2) is 6.31. The first-order chi connectivity index (χ1) is 8.31. The lowest BCUT2D eigenvalue weighted by Gasteiger charge is -2.26. The molecule has 0 aliphatic heterocycles. The van der Waals surface area contributed by atoms with Gasteiger partial charge < -0.3 is 9.84 Å². The SMILES string of the molecule is CCCc1nsc(OC2CCC(CO)CC2)n1. The smallest absolute Gasteiger partial charge is 0.293 e. The van der Waals surface area contributed by atoms with Gasteiger partial charge in [0, 0.05) is 24.6 Å². The Balaban J connectivity index is 1.80. The molecule has 96 valence electrons. The average molecular weight is 256 g/mol. The van der Waals surface area contributed by atoms with Crippen molar-refractivity contribution in [1.29, 1.82) is 0 Å². The highest BCUT2D eigenvalue weighted by Crippen LogP contribution is 2.28. The van der Waals surface area contributed by atoms with E-state index in [1.54, 1.807) is 0 Å². The third kappa shape index (κ3) is 3.64. The molecule has 1 aromatic rings. The molecule has 1 saturated carbocycles. The number of aromatic nitrogens is 2. The standard InChI is InChI=1S/C12H20N2O2S/c1-2-3-11-13-12(17-14-11)16-10-6-4-9(8-15)5-7-10/h9-10,15H,2-8H2,1H3. The number of hydrogen-bond acceptors (Lipinski definition) is 5. The Morgan fingerprint density at radius 1 is 1.35 bits per heavy atom. The van der Waals surface area contributed by atoms with Crippen molar-refractivity contribution in [2.75, 3.05) is 6.61 Å². The highest BCUT2D eigenvalue weighted by atomic mass is 32.1. The van der Waals surface area contributed by atoms with Crippen molar-refractivity contribution < 1.29 is 9.84 Å². The number of aliphatic hydroxyl groups excluding tert-OH is 1. The molecule has 0 spiro atoms. The first kappa shape index (κ1) is 12.8. The molecular weight excluding hydrogens is 236 g/mol. The van der Waals surface area contributed by atoms with Crippen molar-refractivity contribution in [3.05, 3.63) is 5.82 Å². The molecule has 0 bridgehead atoms. The van der Waals surface area contributed by atoms with Crippen LogP contribution in [0.2, 0.25) is 0 Å². The molecule has 1 aliphatic rings. The summed E-state index contributed by atoms with van der Waals surface area (Å²) < 4.78 is 10.1. The van der Waals surface area contributed by atoms with Gasteiger partial charge in [0.25, 0.3) is 5.19 Å². The van der Waals surface area contributed by atoms with Gasteiger partial charge in [-0.3, -0.25) is 0 Å². The maximum Gasteiger partial charge on any atom is 0.293 e. The number of aryl methyl sites for hydroxylation is 1. The van der Waals surface area contributed by atoms with Gasteiger partial charge in [0.05, 0.1) is 0 Å². The molecule has 4 nitrogen and oxygen atoms in total. The molecule has 1 aliphatic carbocycles. The third-order valence-corrected chi connectivity index (χ3v) is 3.89. The Bertz CT molecular complexity index is 335. The molecule has 0 saturated heterocycles. The van der Waals surface area contributed by atoms with Crippen molar-refractivity contribution in [2.45, 2.75) is 51.6 Å². The molecule has 0 aromatic carbocycles. The molecule has 1 fully saturated rings. The van der Waals surface area contributed by atoms with Gasteiger partial charge in [-0.05, 0) is 38.0 Å². The second-order valence-corrected chi connectivity index (χ2v) is 5.38. The first-order valence-electron chi connectivity index (χ1n) is 6.42. The van der Waals surface area contributed by atoms with Gasteiger partial charge in [-0.25, -0.2) is 0 Å². The van der Waals surface area contributed by atoms with Crippen LogP contribution in [0.15, 0.2) is 0 Å². The van der Waals surface area contributed by atoms with Crippen LogP contribution in [-0.2, 0) is 6.42 Å². The molecule has 1 aromatic heterocycles. The van der Waals surface area contributed by atoms with Crippen molar-refractivity contribution in [1.82, 2.24) is 9.36 Å². The number of ether oxygens (including phenoxy) is 1. The Morgan fingerprint density at radius 3 is 2.76 bits per heavy atom. The summed E-state index contributed by atoms with van der Waals surface area (Å²) in [5.74, 6) is 1.37. The van der Waals surface area contributed by atoms with Crippen LogP contribution in [0.5, 0.6) is 5.19 Å². The van der Waals surface area contributed by atoms with Gasteiger partial charge in [0.2, 0.25) is 0 Å². The van der Waals surface area contributed by atoms with Crippen LogP contribution < -0.4 is 4.74 Å². The monoisotopic (exact) mass is 256 g/mol. The Labute approximate surface area is 106 Å². The van der Waals surface area contributed by atoms with Crippen LogP contribution in [0.4, 0.5) is 0 Å². The van der Waals surface area contributed by atoms with E-state index in [1.807, 2.05) is 0 Å². The Hall–Kier alpha value is -0.680. The highest BCUT2D eigenvalue weighted by Gasteiger charge is 2.22. The summed E-state index contributed by atoms with van der Waals surface area (Å²) in [6.07, 6.45) is 6.42. The highest BCUT2D eigenvalue weighted by molar-refractivity contribution is 7.07. The van der Waals surface area contributed by atoms with E-state index >= 15 is 0 Å². The Morgan fingerprint density at radius 2 is 2.12 bits per heavy atom. The fourth-order valence-electron chi connectivity index (χ4n) is 2.19. The predicted molar refractivity (Wildman–Crippen MR) is 67.4 cm³/mol. The summed E-state index contributed by atoms with van der Waals surface area (Å²) in [5.41, 5.74) is 0. The van der Waals surface area contributed by atoms with Crippen LogP contribution in [0.3, 0.4) is 0 Å². The van der Waals surface area contributed by atoms with Crippen molar-refractivity contribution in [2.24, 2.45) is 5.92 Å². The van der Waals surface area contributed by atoms with Crippen LogP contribution in [0, 0.1) is 5.92 Å². The van der Waals surface area contributed by atoms with Crippen LogP contribution in [-0.4, -0.2) is 27.2 Å². The number of rotatable bonds is 5. The topological polar surface area (TPSA) is 55.2 Å². The lowest BCUT2D eigenvalue weighted by Crippen LogP contribution is -2.25. The van der Waals surface area contributed by atoms with E-state index in [-0.39, 0.29) is 6.10 Å². The Kier molecular flexibility index (Phi) is 4.74. The molecular formula is C12H20N2O2S. The van der Waals surface area contributed by atoms with Gasteiger partial charge in [-0.1, -0.05) is 6.92 Å². The molecule has 1 N–H and O–H groups in total. The summed E-state index contributed by atoms with van der Waals surface area (Å²) in [6.45, 7) is 2.43. The van der Waals surface area contributed by atoms with Crippen LogP contribution in [0.25, 0.3) is 0 Å². The predicted octanol–water partition coefficient (Wildman–Crippen LogP) is 2.42. The number of nitrogens with zero attached hydrogens (tertiary/aromatic N) is 2. The minimum absolute atomic E-state index is 0.264. The van der Waals surface area contributed by atoms with E-state index in [4.69, 9.17) is 9.84 Å². The first-order valence-corrected chi connectivity index (χ1v) is 7.19. The summed E-state index contributed by atoms with van der Waals surface area (Å²) >= 11 is 1.36. The second-order valence-electron chi connectivity index (χ2n) is 4.67. The molecule has 2 rings (SSSR count). The summed E-state index contributed by atoms with van der Waals surface area (Å²) in [7, 11) is 0. The van der Waals surface area contributed by atoms with Gasteiger partial charge in [-0.15, -0.1) is 0 Å². The lowest BCUT2D eigenvalue weighted by molar-refractivity contribution is 0.104. The minimum atomic E-state index is 0.264. The van der Waals surface area contributed by atoms with E-state index in [2.05, 4.69) is 16.3 Å². The zero-order valence-corrected chi connectivity index (χ0v) is 11.1. The van der Waals surface area contributed by atoms with Crippen molar-refractivity contribution >= 4 is 11.5 Å². The van der Waals surface area contributed by atoms with Gasteiger partial charge >= 0.3 is 0 Å². The molecule has 5 heteroatoms. The van der Waals surface area contributed by atoms with Crippen LogP contribution >= 0.6 is 11.5 Å². The molecule has 17 heavy (non-hydrogen) atoms. The number of hydrogen-bond donors (Lipinski definition) is 1. The fourth-order valence-corrected chi connectivity index (χ4v) is 2.83. The van der Waals surface area contributed by atoms with Crippen molar-refractivity contribution in [3.8, 4) is 5.19 Å². The molecule has 0 atom stereocenters. The summed E-state index contributed by atoms with van der Waals surface area (Å²) in [4.78, 5) is 4.37. The van der Waals surface area contributed by atoms with E-state index in [0.717, 1.165) is 44.3 Å². The van der Waals surface area contributed by atoms with E-state index < -0.39 is 0 Å². The summed E-state index contributed by atoms with van der Waals surface area (Å²) in [5, 5.41) is 9.78.